The van der Waals surface area contributed by atoms with Gasteiger partial charge in [-0.25, -0.2) is 4.79 Å². The Morgan fingerprint density at radius 3 is 2.44 bits per heavy atom. The monoisotopic (exact) mass is 487 g/mol. The SMILES string of the molecule is COC(=O)c1cc2c([nH]1)C(=O)C=C1N(C(=O)c3cc4cc(OC)c(OC)c(OC)c4[nH]3)C[C@H]3C#C[C@]123. The summed E-state index contributed by atoms with van der Waals surface area (Å²) in [4.78, 5) is 46.5. The Morgan fingerprint density at radius 1 is 1.03 bits per heavy atom. The lowest BCUT2D eigenvalue weighted by atomic mass is 9.63. The third kappa shape index (κ3) is 2.59. The maximum absolute atomic E-state index is 13.8. The van der Waals surface area contributed by atoms with E-state index in [-0.39, 0.29) is 23.3 Å². The highest BCUT2D eigenvalue weighted by Gasteiger charge is 2.59. The number of nitrogens with zero attached hydrogens (tertiary/aromatic N) is 1. The topological polar surface area (TPSA) is 123 Å². The van der Waals surface area contributed by atoms with E-state index < -0.39 is 11.4 Å². The van der Waals surface area contributed by atoms with Gasteiger partial charge in [0.15, 0.2) is 11.5 Å². The average molecular weight is 487 g/mol. The van der Waals surface area contributed by atoms with Crippen LogP contribution in [-0.4, -0.2) is 67.5 Å². The number of nitrogens with one attached hydrogen (secondary N) is 2. The summed E-state index contributed by atoms with van der Waals surface area (Å²) in [5.41, 5.74) is 1.61. The quantitative estimate of drug-likeness (QED) is 0.419. The van der Waals surface area contributed by atoms with Crippen LogP contribution in [-0.2, 0) is 10.2 Å². The van der Waals surface area contributed by atoms with Crippen molar-refractivity contribution in [3.05, 3.63) is 52.6 Å². The molecule has 6 rings (SSSR count). The smallest absolute Gasteiger partial charge is 0.354 e. The van der Waals surface area contributed by atoms with Gasteiger partial charge >= 0.3 is 5.97 Å². The normalized spacial score (nSPS) is 20.9. The highest BCUT2D eigenvalue weighted by Crippen LogP contribution is 2.54. The molecular formula is C26H21N3O7. The number of fused-ring (bicyclic) bond motifs is 2. The maximum Gasteiger partial charge on any atom is 0.354 e. The molecule has 0 unspecified atom stereocenters. The van der Waals surface area contributed by atoms with Gasteiger partial charge in [0.1, 0.15) is 16.8 Å². The van der Waals surface area contributed by atoms with Crippen LogP contribution in [0, 0.1) is 17.8 Å². The highest BCUT2D eigenvalue weighted by atomic mass is 16.5. The fourth-order valence-corrected chi connectivity index (χ4v) is 5.40. The number of carbonyl (C=O) groups is 3. The molecule has 2 aromatic heterocycles. The zero-order chi connectivity index (χ0) is 25.4. The van der Waals surface area contributed by atoms with Crippen molar-refractivity contribution in [1.29, 1.82) is 0 Å². The first-order chi connectivity index (χ1) is 17.4. The van der Waals surface area contributed by atoms with Crippen molar-refractivity contribution in [2.24, 2.45) is 5.92 Å². The summed E-state index contributed by atoms with van der Waals surface area (Å²) >= 11 is 0. The van der Waals surface area contributed by atoms with Crippen molar-refractivity contribution in [2.45, 2.75) is 5.41 Å². The van der Waals surface area contributed by atoms with Gasteiger partial charge in [0.05, 0.1) is 45.6 Å². The number of amides is 1. The molecular weight excluding hydrogens is 466 g/mol. The molecule has 3 heterocycles. The summed E-state index contributed by atoms with van der Waals surface area (Å²) in [6.45, 7) is 0.308. The molecule has 1 fully saturated rings. The number of esters is 1. The van der Waals surface area contributed by atoms with Crippen molar-refractivity contribution in [2.75, 3.05) is 35.0 Å². The number of carbonyl (C=O) groups excluding carboxylic acids is 3. The predicted octanol–water partition coefficient (Wildman–Crippen LogP) is 2.42. The predicted molar refractivity (Wildman–Crippen MR) is 126 cm³/mol. The van der Waals surface area contributed by atoms with Crippen LogP contribution in [0.25, 0.3) is 10.9 Å². The van der Waals surface area contributed by atoms with E-state index in [4.69, 9.17) is 18.9 Å². The van der Waals surface area contributed by atoms with Crippen LogP contribution < -0.4 is 14.2 Å². The van der Waals surface area contributed by atoms with Gasteiger partial charge in [-0.2, -0.15) is 0 Å². The number of hydrogen-bond acceptors (Lipinski definition) is 7. The fraction of sp³-hybridized carbons (Fsp3) is 0.269. The van der Waals surface area contributed by atoms with E-state index in [0.717, 1.165) is 0 Å². The van der Waals surface area contributed by atoms with Gasteiger partial charge in [0, 0.05) is 29.3 Å². The fourth-order valence-electron chi connectivity index (χ4n) is 5.40. The summed E-state index contributed by atoms with van der Waals surface area (Å²) in [6.07, 6.45) is 1.43. The molecule has 1 saturated heterocycles. The highest BCUT2D eigenvalue weighted by molar-refractivity contribution is 6.10. The minimum Gasteiger partial charge on any atom is -0.493 e. The first kappa shape index (κ1) is 21.9. The number of methoxy groups -OCH3 is 4. The second kappa shape index (κ2) is 7.42. The molecule has 3 aromatic rings. The Morgan fingerprint density at radius 2 is 1.81 bits per heavy atom. The third-order valence-electron chi connectivity index (χ3n) is 7.08. The molecule has 36 heavy (non-hydrogen) atoms. The second-order valence-electron chi connectivity index (χ2n) is 8.70. The van der Waals surface area contributed by atoms with Crippen LogP contribution in [0.5, 0.6) is 17.2 Å². The minimum atomic E-state index is -0.835. The van der Waals surface area contributed by atoms with E-state index in [2.05, 4.69) is 21.8 Å². The molecule has 1 aromatic carbocycles. The molecule has 2 N–H and O–H groups in total. The van der Waals surface area contributed by atoms with Gasteiger partial charge < -0.3 is 33.8 Å². The van der Waals surface area contributed by atoms with Gasteiger partial charge in [-0.1, -0.05) is 11.8 Å². The number of allylic oxidation sites excluding steroid dienone is 2. The van der Waals surface area contributed by atoms with Crippen LogP contribution in [0.1, 0.15) is 37.0 Å². The largest absolute Gasteiger partial charge is 0.493 e. The summed E-state index contributed by atoms with van der Waals surface area (Å²) in [5, 5.41) is 0.699. The minimum absolute atomic E-state index is 0.169. The lowest BCUT2D eigenvalue weighted by molar-refractivity contribution is 0.0594. The number of hydrogen-bond donors (Lipinski definition) is 2. The van der Waals surface area contributed by atoms with Gasteiger partial charge in [0.25, 0.3) is 5.91 Å². The average Bonchev–Trinajstić information content (AvgIpc) is 3.56. The zero-order valence-electron chi connectivity index (χ0n) is 19.9. The Hall–Kier alpha value is -4.65. The molecule has 0 bridgehead atoms. The van der Waals surface area contributed by atoms with Crippen LogP contribution in [0.3, 0.4) is 0 Å². The first-order valence-electron chi connectivity index (χ1n) is 11.1. The number of ether oxygens (including phenoxy) is 4. The first-order valence-corrected chi connectivity index (χ1v) is 11.1. The lowest BCUT2D eigenvalue weighted by Gasteiger charge is -2.36. The summed E-state index contributed by atoms with van der Waals surface area (Å²) < 4.78 is 21.2. The molecule has 182 valence electrons. The molecule has 2 atom stereocenters. The Bertz CT molecular complexity index is 1600. The summed E-state index contributed by atoms with van der Waals surface area (Å²) in [6, 6.07) is 5.07. The number of H-pyrrole nitrogens is 2. The number of ketones is 1. The number of benzene rings is 1. The van der Waals surface area contributed by atoms with Gasteiger partial charge in [-0.15, -0.1) is 0 Å². The van der Waals surface area contributed by atoms with E-state index in [0.29, 0.717) is 57.3 Å². The van der Waals surface area contributed by atoms with Gasteiger partial charge in [-0.05, 0) is 18.2 Å². The number of likely N-dealkylation sites (tertiary alicyclic amines) is 1. The Kier molecular flexibility index (Phi) is 4.51. The number of aromatic nitrogens is 2. The van der Waals surface area contributed by atoms with Crippen LogP contribution in [0.2, 0.25) is 0 Å². The molecule has 10 nitrogen and oxygen atoms in total. The number of rotatable bonds is 5. The molecule has 0 radical (unpaired) electrons. The molecule has 0 saturated carbocycles. The van der Waals surface area contributed by atoms with Gasteiger partial charge in [0.2, 0.25) is 11.5 Å². The molecule has 10 heteroatoms. The Labute approximate surface area is 205 Å². The van der Waals surface area contributed by atoms with E-state index in [1.54, 1.807) is 23.1 Å². The summed E-state index contributed by atoms with van der Waals surface area (Å²) in [5.74, 6) is 6.14. The van der Waals surface area contributed by atoms with Crippen molar-refractivity contribution in [3.8, 4) is 29.1 Å². The van der Waals surface area contributed by atoms with Crippen molar-refractivity contribution < 1.29 is 33.3 Å². The molecule has 1 aliphatic heterocycles. The van der Waals surface area contributed by atoms with E-state index in [1.165, 1.54) is 34.5 Å². The number of aromatic amines is 2. The molecule has 1 amide bonds. The Balaban J connectivity index is 1.43. The second-order valence-corrected chi connectivity index (χ2v) is 8.70. The van der Waals surface area contributed by atoms with Crippen LogP contribution in [0.4, 0.5) is 0 Å². The van der Waals surface area contributed by atoms with Crippen molar-refractivity contribution >= 4 is 28.6 Å². The lowest BCUT2D eigenvalue weighted by Crippen LogP contribution is -2.41. The molecule has 2 aliphatic carbocycles. The standard InChI is InChI=1S/C26H21N3O7/c1-33-18-8-12-7-15(27-20(12)23(35-3)22(18)34-2)24(31)29-11-13-5-6-26(13)14-9-16(25(32)36-4)28-21(14)17(30)10-19(26)29/h7-10,13,27-28H,11H2,1-4H3/t13-,26-/m1/s1. The van der Waals surface area contributed by atoms with E-state index in [1.807, 2.05) is 0 Å². The van der Waals surface area contributed by atoms with Crippen molar-refractivity contribution in [3.63, 3.8) is 0 Å². The van der Waals surface area contributed by atoms with Crippen LogP contribution in [0.15, 0.2) is 30.0 Å². The van der Waals surface area contributed by atoms with Crippen LogP contribution >= 0.6 is 0 Å². The summed E-state index contributed by atoms with van der Waals surface area (Å²) in [7, 11) is 5.81. The van der Waals surface area contributed by atoms with Crippen molar-refractivity contribution in [1.82, 2.24) is 14.9 Å². The van der Waals surface area contributed by atoms with E-state index in [9.17, 15) is 14.4 Å². The third-order valence-corrected chi connectivity index (χ3v) is 7.08. The maximum atomic E-state index is 13.8. The molecule has 3 aliphatic rings. The molecule has 1 spiro atoms. The zero-order valence-corrected chi connectivity index (χ0v) is 19.9. The van der Waals surface area contributed by atoms with Gasteiger partial charge in [-0.3, -0.25) is 9.59 Å². The van der Waals surface area contributed by atoms with E-state index >= 15 is 0 Å².